The van der Waals surface area contributed by atoms with Crippen molar-refractivity contribution in [2.75, 3.05) is 24.5 Å². The largest absolute Gasteiger partial charge is 0.329 e. The first-order chi connectivity index (χ1) is 11.8. The number of hydrogen-bond acceptors (Lipinski definition) is 3. The van der Waals surface area contributed by atoms with Gasteiger partial charge in [-0.2, -0.15) is 0 Å². The van der Waals surface area contributed by atoms with Gasteiger partial charge in [0.2, 0.25) is 5.96 Å². The molecule has 0 amide bonds. The highest BCUT2D eigenvalue weighted by molar-refractivity contribution is 6.31. The Morgan fingerprint density at radius 3 is 2.79 bits per heavy atom. The zero-order valence-electron chi connectivity index (χ0n) is 14.0. The van der Waals surface area contributed by atoms with E-state index in [0.717, 1.165) is 37.0 Å². The molecule has 0 radical (unpaired) electrons. The van der Waals surface area contributed by atoms with Crippen molar-refractivity contribution in [3.05, 3.63) is 64.7 Å². The second-order valence-corrected chi connectivity index (χ2v) is 6.83. The molecule has 4 heteroatoms. The Kier molecular flexibility index (Phi) is 4.19. The first kappa shape index (κ1) is 15.5. The van der Waals surface area contributed by atoms with Crippen LogP contribution in [-0.2, 0) is 0 Å². The molecule has 2 heterocycles. The molecule has 0 saturated carbocycles. The van der Waals surface area contributed by atoms with E-state index in [1.807, 2.05) is 6.07 Å². The highest BCUT2D eigenvalue weighted by atomic mass is 35.5. The van der Waals surface area contributed by atoms with Crippen molar-refractivity contribution in [1.82, 2.24) is 4.90 Å². The molecule has 2 aromatic carbocycles. The van der Waals surface area contributed by atoms with Crippen LogP contribution in [-0.4, -0.2) is 30.5 Å². The summed E-state index contributed by atoms with van der Waals surface area (Å²) in [4.78, 5) is 9.63. The average molecular weight is 340 g/mol. The van der Waals surface area contributed by atoms with Gasteiger partial charge in [0.25, 0.3) is 0 Å². The first-order valence-corrected chi connectivity index (χ1v) is 9.10. The third-order valence-electron chi connectivity index (χ3n) is 4.83. The van der Waals surface area contributed by atoms with Crippen LogP contribution >= 0.6 is 11.6 Å². The number of unbranched alkanes of at least 4 members (excludes halogenated alkanes) is 1. The van der Waals surface area contributed by atoms with Crippen molar-refractivity contribution in [3.8, 4) is 0 Å². The lowest BCUT2D eigenvalue weighted by Gasteiger charge is -2.43. The van der Waals surface area contributed by atoms with Gasteiger partial charge in [0.1, 0.15) is 0 Å². The van der Waals surface area contributed by atoms with Gasteiger partial charge in [-0.3, -0.25) is 4.99 Å². The lowest BCUT2D eigenvalue weighted by molar-refractivity contribution is 0.373. The Bertz CT molecular complexity index is 757. The zero-order valence-corrected chi connectivity index (χ0v) is 14.7. The Morgan fingerprint density at radius 2 is 2.00 bits per heavy atom. The van der Waals surface area contributed by atoms with Crippen molar-refractivity contribution in [2.24, 2.45) is 4.99 Å². The number of aliphatic imine (C=N–C) groups is 1. The molecule has 0 saturated heterocycles. The van der Waals surface area contributed by atoms with Crippen LogP contribution in [0.4, 0.5) is 5.69 Å². The Balaban J connectivity index is 1.86. The van der Waals surface area contributed by atoms with Crippen LogP contribution in [0.1, 0.15) is 36.9 Å². The zero-order chi connectivity index (χ0) is 16.5. The highest BCUT2D eigenvalue weighted by Gasteiger charge is 2.38. The fourth-order valence-electron chi connectivity index (χ4n) is 3.72. The third-order valence-corrected chi connectivity index (χ3v) is 5.07. The summed E-state index contributed by atoms with van der Waals surface area (Å²) in [6.45, 7) is 5.05. The first-order valence-electron chi connectivity index (χ1n) is 8.72. The van der Waals surface area contributed by atoms with Crippen molar-refractivity contribution in [3.63, 3.8) is 0 Å². The number of fused-ring (bicyclic) bond motifs is 2. The molecule has 1 atom stereocenters. The van der Waals surface area contributed by atoms with Gasteiger partial charge in [0, 0.05) is 23.7 Å². The van der Waals surface area contributed by atoms with E-state index in [9.17, 15) is 0 Å². The van der Waals surface area contributed by atoms with Gasteiger partial charge in [0.15, 0.2) is 0 Å². The molecule has 2 aliphatic rings. The summed E-state index contributed by atoms with van der Waals surface area (Å²) >= 11 is 6.33. The Morgan fingerprint density at radius 1 is 1.17 bits per heavy atom. The number of hydrogen-bond donors (Lipinski definition) is 0. The topological polar surface area (TPSA) is 18.8 Å². The molecular weight excluding hydrogens is 318 g/mol. The lowest BCUT2D eigenvalue weighted by Crippen LogP contribution is -2.49. The van der Waals surface area contributed by atoms with Crippen molar-refractivity contribution < 1.29 is 0 Å². The second-order valence-electron chi connectivity index (χ2n) is 6.40. The predicted molar refractivity (Wildman–Crippen MR) is 101 cm³/mol. The van der Waals surface area contributed by atoms with E-state index in [0.29, 0.717) is 0 Å². The van der Waals surface area contributed by atoms with Gasteiger partial charge in [0.05, 0.1) is 18.3 Å². The van der Waals surface area contributed by atoms with Gasteiger partial charge in [-0.1, -0.05) is 61.3 Å². The van der Waals surface area contributed by atoms with Gasteiger partial charge in [-0.25, -0.2) is 0 Å². The molecule has 1 unspecified atom stereocenters. The number of halogens is 1. The van der Waals surface area contributed by atoms with Crippen LogP contribution in [0.3, 0.4) is 0 Å². The monoisotopic (exact) mass is 339 g/mol. The number of anilines is 1. The van der Waals surface area contributed by atoms with Crippen molar-refractivity contribution in [2.45, 2.75) is 25.8 Å². The number of guanidine groups is 1. The van der Waals surface area contributed by atoms with Crippen molar-refractivity contribution >= 4 is 23.2 Å². The van der Waals surface area contributed by atoms with Gasteiger partial charge < -0.3 is 9.80 Å². The van der Waals surface area contributed by atoms with E-state index in [1.165, 1.54) is 23.2 Å². The Hall–Kier alpha value is -2.00. The molecule has 2 aromatic rings. The van der Waals surface area contributed by atoms with Crippen LogP contribution in [0.2, 0.25) is 5.02 Å². The molecule has 124 valence electrons. The predicted octanol–water partition coefficient (Wildman–Crippen LogP) is 4.72. The maximum absolute atomic E-state index is 6.33. The van der Waals surface area contributed by atoms with E-state index < -0.39 is 0 Å². The summed E-state index contributed by atoms with van der Waals surface area (Å²) in [5.41, 5.74) is 3.84. The molecule has 0 spiro atoms. The number of rotatable bonds is 4. The van der Waals surface area contributed by atoms with Gasteiger partial charge >= 0.3 is 0 Å². The molecule has 24 heavy (non-hydrogen) atoms. The molecule has 4 rings (SSSR count). The summed E-state index contributed by atoms with van der Waals surface area (Å²) in [5, 5.41) is 0.786. The quantitative estimate of drug-likeness (QED) is 0.802. The fourth-order valence-corrected chi connectivity index (χ4v) is 3.89. The minimum Gasteiger partial charge on any atom is -0.329 e. The van der Waals surface area contributed by atoms with Gasteiger partial charge in [-0.15, -0.1) is 0 Å². The maximum Gasteiger partial charge on any atom is 0.202 e. The standard InChI is InChI=1S/C20H22ClN3/c1-2-3-12-23-18-14-16(21)9-10-17(18)19(15-7-5-4-6-8-15)24-13-11-22-20(23)24/h4-10,14,19H,2-3,11-13H2,1H3. The molecule has 0 aromatic heterocycles. The fraction of sp³-hybridized carbons (Fsp3) is 0.350. The summed E-state index contributed by atoms with van der Waals surface area (Å²) in [6, 6.07) is 17.2. The van der Waals surface area contributed by atoms with Crippen LogP contribution in [0, 0.1) is 0 Å². The van der Waals surface area contributed by atoms with E-state index in [2.05, 4.69) is 59.2 Å². The molecule has 0 N–H and O–H groups in total. The second kappa shape index (κ2) is 6.48. The van der Waals surface area contributed by atoms with Crippen LogP contribution in [0.5, 0.6) is 0 Å². The summed E-state index contributed by atoms with van der Waals surface area (Å²) in [6.07, 6.45) is 2.32. The van der Waals surface area contributed by atoms with Crippen LogP contribution < -0.4 is 4.90 Å². The van der Waals surface area contributed by atoms with Gasteiger partial charge in [-0.05, 0) is 24.1 Å². The third kappa shape index (κ3) is 2.57. The maximum atomic E-state index is 6.33. The van der Waals surface area contributed by atoms with E-state index in [4.69, 9.17) is 16.6 Å². The summed E-state index contributed by atoms with van der Waals surface area (Å²) in [7, 11) is 0. The summed E-state index contributed by atoms with van der Waals surface area (Å²) in [5.74, 6) is 1.10. The number of benzene rings is 2. The lowest BCUT2D eigenvalue weighted by atomic mass is 9.93. The van der Waals surface area contributed by atoms with E-state index in [1.54, 1.807) is 0 Å². The molecule has 2 aliphatic heterocycles. The smallest absolute Gasteiger partial charge is 0.202 e. The van der Waals surface area contributed by atoms with Crippen LogP contribution in [0.25, 0.3) is 0 Å². The molecule has 0 bridgehead atoms. The minimum atomic E-state index is 0.220. The van der Waals surface area contributed by atoms with Crippen molar-refractivity contribution in [1.29, 1.82) is 0 Å². The van der Waals surface area contributed by atoms with Crippen LogP contribution in [0.15, 0.2) is 53.5 Å². The minimum absolute atomic E-state index is 0.220. The normalized spacial score (nSPS) is 19.1. The molecule has 3 nitrogen and oxygen atoms in total. The SMILES string of the molecule is CCCCN1C2=NCCN2C(c2ccccc2)c2ccc(Cl)cc21. The Labute approximate surface area is 148 Å². The number of nitrogens with zero attached hydrogens (tertiary/aromatic N) is 3. The average Bonchev–Trinajstić information content (AvgIpc) is 3.08. The molecule has 0 aliphatic carbocycles. The van der Waals surface area contributed by atoms with E-state index in [-0.39, 0.29) is 6.04 Å². The molecule has 0 fully saturated rings. The molecular formula is C20H22ClN3. The van der Waals surface area contributed by atoms with E-state index >= 15 is 0 Å². The highest BCUT2D eigenvalue weighted by Crippen LogP contribution is 2.42. The summed E-state index contributed by atoms with van der Waals surface area (Å²) < 4.78 is 0.